The number of methoxy groups -OCH3 is 1. The van der Waals surface area contributed by atoms with Crippen molar-refractivity contribution in [2.45, 2.75) is 24.5 Å². The van der Waals surface area contributed by atoms with Crippen LogP contribution in [0.3, 0.4) is 0 Å². The van der Waals surface area contributed by atoms with Gasteiger partial charge in [-0.05, 0) is 42.3 Å². The van der Waals surface area contributed by atoms with Gasteiger partial charge < -0.3 is 10.1 Å². The van der Waals surface area contributed by atoms with E-state index in [9.17, 15) is 14.0 Å². The summed E-state index contributed by atoms with van der Waals surface area (Å²) in [5, 5.41) is 2.62. The Kier molecular flexibility index (Phi) is 7.01. The number of benzene rings is 2. The quantitative estimate of drug-likeness (QED) is 0.767. The monoisotopic (exact) mass is 361 g/mol. The summed E-state index contributed by atoms with van der Waals surface area (Å²) in [6, 6.07) is 13.2. The predicted molar refractivity (Wildman–Crippen MR) is 96.8 cm³/mol. The molecule has 0 fully saturated rings. The number of nitrogens with one attached hydrogen (secondary N) is 1. The average Bonchev–Trinajstić information content (AvgIpc) is 2.65. The van der Waals surface area contributed by atoms with Crippen LogP contribution >= 0.6 is 11.8 Å². The molecule has 2 rings (SSSR count). The molecule has 0 aromatic heterocycles. The lowest BCUT2D eigenvalue weighted by Gasteiger charge is -2.12. The molecule has 0 heterocycles. The summed E-state index contributed by atoms with van der Waals surface area (Å²) in [7, 11) is 1.35. The van der Waals surface area contributed by atoms with Gasteiger partial charge in [-0.2, -0.15) is 0 Å². The van der Waals surface area contributed by atoms with Crippen LogP contribution in [0.5, 0.6) is 0 Å². The third-order valence-electron chi connectivity index (χ3n) is 3.62. The van der Waals surface area contributed by atoms with Crippen LogP contribution in [-0.4, -0.2) is 24.2 Å². The van der Waals surface area contributed by atoms with Gasteiger partial charge >= 0.3 is 5.97 Å². The van der Waals surface area contributed by atoms with Crippen LogP contribution in [0.15, 0.2) is 48.5 Å². The van der Waals surface area contributed by atoms with Crippen LogP contribution < -0.4 is 5.32 Å². The zero-order chi connectivity index (χ0) is 18.2. The molecule has 4 nitrogen and oxygen atoms in total. The van der Waals surface area contributed by atoms with Crippen molar-refractivity contribution in [3.8, 4) is 0 Å². The lowest BCUT2D eigenvalue weighted by Crippen LogP contribution is -2.30. The number of carbonyl (C=O) groups is 2. The maximum absolute atomic E-state index is 12.8. The molecule has 0 saturated carbocycles. The Bertz CT molecular complexity index is 716. The molecule has 1 amide bonds. The van der Waals surface area contributed by atoms with Crippen molar-refractivity contribution in [3.63, 3.8) is 0 Å². The molecule has 0 aliphatic rings. The largest absolute Gasteiger partial charge is 0.465 e. The second-order valence-corrected chi connectivity index (χ2v) is 6.82. The Balaban J connectivity index is 1.78. The third-order valence-corrected chi connectivity index (χ3v) is 4.84. The maximum atomic E-state index is 12.8. The molecule has 0 bridgehead atoms. The fourth-order valence-corrected chi connectivity index (χ4v) is 2.96. The number of hydrogen-bond acceptors (Lipinski definition) is 4. The van der Waals surface area contributed by atoms with Gasteiger partial charge in [0.15, 0.2) is 0 Å². The molecule has 0 spiro atoms. The molecule has 0 unspecified atom stereocenters. The summed E-state index contributed by atoms with van der Waals surface area (Å²) in [5.41, 5.74) is 2.38. The first-order valence-electron chi connectivity index (χ1n) is 7.80. The highest BCUT2D eigenvalue weighted by atomic mass is 32.2. The molecule has 1 atom stereocenters. The van der Waals surface area contributed by atoms with Crippen LogP contribution in [0, 0.1) is 5.82 Å². The van der Waals surface area contributed by atoms with Crippen LogP contribution in [0.2, 0.25) is 0 Å². The molecular formula is C19H20FNO3S. The molecule has 2 aromatic rings. The van der Waals surface area contributed by atoms with E-state index in [1.807, 2.05) is 19.1 Å². The van der Waals surface area contributed by atoms with E-state index in [2.05, 4.69) is 10.1 Å². The Hall–Kier alpha value is -2.34. The highest BCUT2D eigenvalue weighted by Crippen LogP contribution is 2.18. The van der Waals surface area contributed by atoms with Gasteiger partial charge in [0.05, 0.1) is 17.9 Å². The molecule has 132 valence electrons. The molecule has 0 radical (unpaired) electrons. The Morgan fingerprint density at radius 1 is 1.08 bits per heavy atom. The van der Waals surface area contributed by atoms with Gasteiger partial charge in [0.1, 0.15) is 5.82 Å². The van der Waals surface area contributed by atoms with Crippen LogP contribution in [-0.2, 0) is 21.8 Å². The van der Waals surface area contributed by atoms with E-state index in [1.165, 1.54) is 31.0 Å². The van der Waals surface area contributed by atoms with Crippen molar-refractivity contribution in [3.05, 3.63) is 71.0 Å². The van der Waals surface area contributed by atoms with Crippen LogP contribution in [0.1, 0.15) is 28.4 Å². The summed E-state index contributed by atoms with van der Waals surface area (Å²) in [6.45, 7) is 2.21. The van der Waals surface area contributed by atoms with E-state index < -0.39 is 0 Å². The summed E-state index contributed by atoms with van der Waals surface area (Å²) in [4.78, 5) is 23.5. The van der Waals surface area contributed by atoms with E-state index in [0.29, 0.717) is 17.9 Å². The van der Waals surface area contributed by atoms with Crippen molar-refractivity contribution in [1.82, 2.24) is 5.32 Å². The van der Waals surface area contributed by atoms with Crippen molar-refractivity contribution in [2.75, 3.05) is 7.11 Å². The van der Waals surface area contributed by atoms with Gasteiger partial charge in [0.2, 0.25) is 5.91 Å². The Morgan fingerprint density at radius 2 is 1.68 bits per heavy atom. The SMILES string of the molecule is COC(=O)c1ccc(CS[C@@H](C)C(=O)NCc2ccc(F)cc2)cc1. The minimum atomic E-state index is -0.368. The highest BCUT2D eigenvalue weighted by molar-refractivity contribution is 7.99. The van der Waals surface area contributed by atoms with Crippen LogP contribution in [0.4, 0.5) is 4.39 Å². The molecular weight excluding hydrogens is 341 g/mol. The summed E-state index contributed by atoms with van der Waals surface area (Å²) in [5.74, 6) is -0.0717. The van der Waals surface area contributed by atoms with Crippen LogP contribution in [0.25, 0.3) is 0 Å². The van der Waals surface area contributed by atoms with E-state index >= 15 is 0 Å². The van der Waals surface area contributed by atoms with E-state index in [0.717, 1.165) is 11.1 Å². The first-order chi connectivity index (χ1) is 12.0. The molecule has 0 aliphatic heterocycles. The van der Waals surface area contributed by atoms with Gasteiger partial charge in [-0.1, -0.05) is 24.3 Å². The number of ether oxygens (including phenoxy) is 1. The molecule has 6 heteroatoms. The normalized spacial score (nSPS) is 11.6. The minimum absolute atomic E-state index is 0.0690. The van der Waals surface area contributed by atoms with Gasteiger partial charge in [-0.3, -0.25) is 4.79 Å². The molecule has 25 heavy (non-hydrogen) atoms. The van der Waals surface area contributed by atoms with Gasteiger partial charge in [-0.25, -0.2) is 9.18 Å². The summed E-state index contributed by atoms with van der Waals surface area (Å²) >= 11 is 1.51. The molecule has 2 aromatic carbocycles. The van der Waals surface area contributed by atoms with Crippen molar-refractivity contribution in [2.24, 2.45) is 0 Å². The minimum Gasteiger partial charge on any atom is -0.465 e. The fourth-order valence-electron chi connectivity index (χ4n) is 2.09. The second-order valence-electron chi connectivity index (χ2n) is 5.49. The zero-order valence-electron chi connectivity index (χ0n) is 14.1. The number of esters is 1. The van der Waals surface area contributed by atoms with Gasteiger partial charge in [0, 0.05) is 12.3 Å². The lowest BCUT2D eigenvalue weighted by molar-refractivity contribution is -0.120. The van der Waals surface area contributed by atoms with Gasteiger partial charge in [-0.15, -0.1) is 11.8 Å². The zero-order valence-corrected chi connectivity index (χ0v) is 14.9. The van der Waals surface area contributed by atoms with E-state index in [1.54, 1.807) is 24.3 Å². The molecule has 0 saturated heterocycles. The van der Waals surface area contributed by atoms with Gasteiger partial charge in [0.25, 0.3) is 0 Å². The van der Waals surface area contributed by atoms with E-state index in [-0.39, 0.29) is 22.9 Å². The molecule has 0 aliphatic carbocycles. The fraction of sp³-hybridized carbons (Fsp3) is 0.263. The van der Waals surface area contributed by atoms with Crippen molar-refractivity contribution >= 4 is 23.6 Å². The first-order valence-corrected chi connectivity index (χ1v) is 8.85. The number of rotatable bonds is 7. The number of halogens is 1. The third kappa shape index (κ3) is 5.90. The molecule has 1 N–H and O–H groups in total. The lowest BCUT2D eigenvalue weighted by atomic mass is 10.1. The average molecular weight is 361 g/mol. The second kappa shape index (κ2) is 9.22. The van der Waals surface area contributed by atoms with Crippen molar-refractivity contribution in [1.29, 1.82) is 0 Å². The summed E-state index contributed by atoms with van der Waals surface area (Å²) in [6.07, 6.45) is 0. The smallest absolute Gasteiger partial charge is 0.337 e. The number of amides is 1. The first kappa shape index (κ1) is 19.0. The maximum Gasteiger partial charge on any atom is 0.337 e. The predicted octanol–water partition coefficient (Wildman–Crippen LogP) is 3.55. The number of thioether (sulfide) groups is 1. The standard InChI is InChI=1S/C19H20FNO3S/c1-13(18(22)21-11-14-5-9-17(20)10-6-14)25-12-15-3-7-16(8-4-15)19(23)24-2/h3-10,13H,11-12H2,1-2H3,(H,21,22)/t13-/m0/s1. The summed E-state index contributed by atoms with van der Waals surface area (Å²) < 4.78 is 17.5. The Morgan fingerprint density at radius 3 is 2.28 bits per heavy atom. The number of hydrogen-bond donors (Lipinski definition) is 1. The topological polar surface area (TPSA) is 55.4 Å². The van der Waals surface area contributed by atoms with E-state index in [4.69, 9.17) is 0 Å². The number of carbonyl (C=O) groups excluding carboxylic acids is 2. The van der Waals surface area contributed by atoms with Crippen molar-refractivity contribution < 1.29 is 18.7 Å². The highest BCUT2D eigenvalue weighted by Gasteiger charge is 2.13. The Labute approximate surface area is 150 Å².